The smallest absolute Gasteiger partial charge is 0.335 e. The van der Waals surface area contributed by atoms with E-state index in [2.05, 4.69) is 5.10 Å². The van der Waals surface area contributed by atoms with Crippen LogP contribution in [0, 0.1) is 0 Å². The monoisotopic (exact) mass is 192 g/mol. The molecule has 0 fully saturated rings. The van der Waals surface area contributed by atoms with E-state index in [1.807, 2.05) is 0 Å². The highest BCUT2D eigenvalue weighted by Crippen LogP contribution is 2.14. The topological polar surface area (TPSA) is 64.4 Å². The Kier molecular flexibility index (Phi) is 1.85. The Morgan fingerprint density at radius 3 is 3.00 bits per heavy atom. The van der Waals surface area contributed by atoms with Crippen LogP contribution >= 0.6 is 0 Å². The highest BCUT2D eigenvalue weighted by Gasteiger charge is 2.07. The first kappa shape index (κ1) is 8.55. The van der Waals surface area contributed by atoms with Gasteiger partial charge in [0.2, 0.25) is 0 Å². The van der Waals surface area contributed by atoms with E-state index in [1.54, 1.807) is 18.3 Å². The maximum absolute atomic E-state index is 10.7. The first-order valence-corrected chi connectivity index (χ1v) is 3.98. The second-order valence-electron chi connectivity index (χ2n) is 2.78. The lowest BCUT2D eigenvalue weighted by atomic mass is 10.2. The Bertz CT molecular complexity index is 490. The molecule has 0 amide bonds. The molecule has 0 radical (unpaired) electrons. The van der Waals surface area contributed by atoms with Crippen LogP contribution in [0.5, 0.6) is 0 Å². The number of benzene rings is 1. The third-order valence-corrected chi connectivity index (χ3v) is 1.96. The second-order valence-corrected chi connectivity index (χ2v) is 2.78. The Morgan fingerprint density at radius 2 is 2.36 bits per heavy atom. The van der Waals surface area contributed by atoms with E-state index in [9.17, 15) is 4.79 Å². The fourth-order valence-corrected chi connectivity index (χ4v) is 1.29. The molecule has 0 aliphatic carbocycles. The van der Waals surface area contributed by atoms with Gasteiger partial charge >= 0.3 is 5.97 Å². The van der Waals surface area contributed by atoms with Crippen molar-refractivity contribution >= 4 is 16.9 Å². The lowest BCUT2D eigenvalue weighted by Gasteiger charge is -1.99. The number of rotatable bonds is 2. The number of aromatic carboxylic acids is 1. The van der Waals surface area contributed by atoms with Crippen LogP contribution in [0.3, 0.4) is 0 Å². The van der Waals surface area contributed by atoms with Crippen molar-refractivity contribution in [3.05, 3.63) is 30.0 Å². The lowest BCUT2D eigenvalue weighted by Crippen LogP contribution is -2.06. The van der Waals surface area contributed by atoms with E-state index in [0.717, 1.165) is 10.9 Å². The molecule has 14 heavy (non-hydrogen) atoms. The number of carboxylic acid groups (broad SMARTS) is 1. The molecular formula is C9H8N2O3. The van der Waals surface area contributed by atoms with E-state index < -0.39 is 5.97 Å². The number of aromatic nitrogens is 2. The van der Waals surface area contributed by atoms with Crippen molar-refractivity contribution in [1.82, 2.24) is 9.94 Å². The molecule has 1 heterocycles. The van der Waals surface area contributed by atoms with Gasteiger partial charge in [0.15, 0.2) is 0 Å². The zero-order valence-electron chi connectivity index (χ0n) is 7.47. The highest BCUT2D eigenvalue weighted by atomic mass is 16.7. The van der Waals surface area contributed by atoms with Gasteiger partial charge in [-0.2, -0.15) is 0 Å². The molecule has 5 heteroatoms. The van der Waals surface area contributed by atoms with E-state index in [1.165, 1.54) is 18.0 Å². The largest absolute Gasteiger partial charge is 0.478 e. The number of carboxylic acids is 1. The highest BCUT2D eigenvalue weighted by molar-refractivity contribution is 5.93. The summed E-state index contributed by atoms with van der Waals surface area (Å²) in [5.41, 5.74) is 0.991. The molecule has 2 aromatic rings. The summed E-state index contributed by atoms with van der Waals surface area (Å²) < 4.78 is 0. The zero-order chi connectivity index (χ0) is 10.1. The van der Waals surface area contributed by atoms with Crippen molar-refractivity contribution in [2.75, 3.05) is 7.11 Å². The van der Waals surface area contributed by atoms with Gasteiger partial charge in [-0.15, -0.1) is 5.10 Å². The summed E-state index contributed by atoms with van der Waals surface area (Å²) >= 11 is 0. The molecule has 2 rings (SSSR count). The standard InChI is InChI=1S/C9H8N2O3/c1-14-11-8-3-2-6(9(12)13)4-7(8)5-10-11/h2-5H,1H3,(H,12,13). The van der Waals surface area contributed by atoms with E-state index in [-0.39, 0.29) is 5.56 Å². The minimum absolute atomic E-state index is 0.244. The average molecular weight is 192 g/mol. The number of hydrogen-bond acceptors (Lipinski definition) is 3. The SMILES string of the molecule is COn1ncc2cc(C(=O)O)ccc21. The van der Waals surface area contributed by atoms with Gasteiger partial charge in [-0.25, -0.2) is 4.79 Å². The van der Waals surface area contributed by atoms with Crippen molar-refractivity contribution in [2.45, 2.75) is 0 Å². The van der Waals surface area contributed by atoms with Gasteiger partial charge in [0, 0.05) is 5.39 Å². The summed E-state index contributed by atoms with van der Waals surface area (Å²) in [6, 6.07) is 4.73. The Morgan fingerprint density at radius 1 is 1.57 bits per heavy atom. The van der Waals surface area contributed by atoms with E-state index in [0.29, 0.717) is 0 Å². The summed E-state index contributed by atoms with van der Waals surface area (Å²) in [7, 11) is 1.50. The second kappa shape index (κ2) is 3.02. The number of fused-ring (bicyclic) bond motifs is 1. The molecule has 1 aromatic heterocycles. The van der Waals surface area contributed by atoms with Crippen molar-refractivity contribution in [2.24, 2.45) is 0 Å². The molecule has 1 aromatic carbocycles. The minimum atomic E-state index is -0.947. The molecule has 0 atom stereocenters. The molecule has 72 valence electrons. The molecular weight excluding hydrogens is 184 g/mol. The van der Waals surface area contributed by atoms with Crippen LogP contribution in [0.2, 0.25) is 0 Å². The van der Waals surface area contributed by atoms with Crippen LogP contribution in [-0.4, -0.2) is 28.1 Å². The van der Waals surface area contributed by atoms with Crippen molar-refractivity contribution < 1.29 is 14.7 Å². The third-order valence-electron chi connectivity index (χ3n) is 1.96. The Labute approximate surface area is 79.5 Å². The van der Waals surface area contributed by atoms with Crippen molar-refractivity contribution in [1.29, 1.82) is 0 Å². The molecule has 5 nitrogen and oxygen atoms in total. The van der Waals surface area contributed by atoms with Crippen molar-refractivity contribution in [3.8, 4) is 0 Å². The maximum atomic E-state index is 10.7. The molecule has 0 aliphatic heterocycles. The minimum Gasteiger partial charge on any atom is -0.478 e. The van der Waals surface area contributed by atoms with Crippen LogP contribution in [0.1, 0.15) is 10.4 Å². The molecule has 0 unspecified atom stereocenters. The lowest BCUT2D eigenvalue weighted by molar-refractivity contribution is 0.0697. The molecule has 0 saturated carbocycles. The zero-order valence-corrected chi connectivity index (χ0v) is 7.47. The Hall–Kier alpha value is -2.04. The summed E-state index contributed by atoms with van der Waals surface area (Å²) in [5.74, 6) is -0.947. The summed E-state index contributed by atoms with van der Waals surface area (Å²) in [5, 5.41) is 13.4. The van der Waals surface area contributed by atoms with Crippen LogP contribution in [0.25, 0.3) is 10.9 Å². The first-order valence-electron chi connectivity index (χ1n) is 3.98. The van der Waals surface area contributed by atoms with E-state index >= 15 is 0 Å². The van der Waals surface area contributed by atoms with Gasteiger partial charge in [0.05, 0.1) is 11.8 Å². The maximum Gasteiger partial charge on any atom is 0.335 e. The van der Waals surface area contributed by atoms with E-state index in [4.69, 9.17) is 9.94 Å². The molecule has 0 spiro atoms. The molecule has 0 bridgehead atoms. The van der Waals surface area contributed by atoms with Crippen LogP contribution in [0.4, 0.5) is 0 Å². The van der Waals surface area contributed by atoms with Crippen LogP contribution in [0.15, 0.2) is 24.4 Å². The molecule has 1 N–H and O–H groups in total. The van der Waals surface area contributed by atoms with Crippen LogP contribution < -0.4 is 4.84 Å². The van der Waals surface area contributed by atoms with Gasteiger partial charge in [-0.05, 0) is 18.2 Å². The average Bonchev–Trinajstić information content (AvgIpc) is 2.59. The van der Waals surface area contributed by atoms with Gasteiger partial charge < -0.3 is 9.94 Å². The Balaban J connectivity index is 2.63. The molecule has 0 saturated heterocycles. The number of hydrogen-bond donors (Lipinski definition) is 1. The number of carbonyl (C=O) groups is 1. The van der Waals surface area contributed by atoms with Crippen molar-refractivity contribution in [3.63, 3.8) is 0 Å². The predicted octanol–water partition coefficient (Wildman–Crippen LogP) is 0.793. The fourth-order valence-electron chi connectivity index (χ4n) is 1.29. The summed E-state index contributed by atoms with van der Waals surface area (Å²) in [6.45, 7) is 0. The van der Waals surface area contributed by atoms with Gasteiger partial charge in [0.25, 0.3) is 0 Å². The fraction of sp³-hybridized carbons (Fsp3) is 0.111. The quantitative estimate of drug-likeness (QED) is 0.764. The number of nitrogens with zero attached hydrogens (tertiary/aromatic N) is 2. The van der Waals surface area contributed by atoms with Gasteiger partial charge in [-0.1, -0.05) is 4.85 Å². The molecule has 0 aliphatic rings. The normalized spacial score (nSPS) is 10.4. The first-order chi connectivity index (χ1) is 6.72. The summed E-state index contributed by atoms with van der Waals surface area (Å²) in [4.78, 5) is 16.9. The van der Waals surface area contributed by atoms with Gasteiger partial charge in [0.1, 0.15) is 12.6 Å². The third kappa shape index (κ3) is 1.19. The van der Waals surface area contributed by atoms with Crippen LogP contribution in [-0.2, 0) is 0 Å². The predicted molar refractivity (Wildman–Crippen MR) is 49.2 cm³/mol. The van der Waals surface area contributed by atoms with Gasteiger partial charge in [-0.3, -0.25) is 0 Å². The summed E-state index contributed by atoms with van der Waals surface area (Å²) in [6.07, 6.45) is 1.56.